The monoisotopic (exact) mass is 301 g/mol. The van der Waals surface area contributed by atoms with E-state index in [9.17, 15) is 4.79 Å². The fraction of sp³-hybridized carbons (Fsp3) is 0.583. The van der Waals surface area contributed by atoms with Crippen molar-refractivity contribution in [1.29, 1.82) is 0 Å². The molecule has 2 aliphatic rings. The first kappa shape index (κ1) is 12.8. The van der Waals surface area contributed by atoms with Gasteiger partial charge in [0.05, 0.1) is 29.2 Å². The first-order chi connectivity index (χ1) is 8.04. The second-order valence-electron chi connectivity index (χ2n) is 4.49. The number of carboxylic acids is 1. The van der Waals surface area contributed by atoms with Crippen molar-refractivity contribution in [2.75, 3.05) is 26.3 Å². The highest BCUT2D eigenvalue weighted by molar-refractivity contribution is 9.09. The molecule has 1 aliphatic carbocycles. The molecule has 0 aromatic carbocycles. The molecule has 2 rings (SSSR count). The first-order valence-electron chi connectivity index (χ1n) is 5.65. The van der Waals surface area contributed by atoms with Gasteiger partial charge in [-0.15, -0.1) is 0 Å². The third-order valence-electron chi connectivity index (χ3n) is 3.42. The number of hydrogen-bond acceptors (Lipinski definition) is 3. The summed E-state index contributed by atoms with van der Waals surface area (Å²) in [5, 5.41) is 8.96. The Bertz CT molecular complexity index is 374. The van der Waals surface area contributed by atoms with E-state index in [2.05, 4.69) is 27.8 Å². The lowest BCUT2D eigenvalue weighted by Gasteiger charge is -2.44. The molecular weight excluding hydrogens is 286 g/mol. The zero-order valence-electron chi connectivity index (χ0n) is 9.73. The van der Waals surface area contributed by atoms with Gasteiger partial charge in [-0.05, 0) is 6.92 Å². The molecule has 1 aliphatic heterocycles. The Hall–Kier alpha value is -0.650. The summed E-state index contributed by atoms with van der Waals surface area (Å²) in [5.41, 5.74) is 0.167. The van der Waals surface area contributed by atoms with Crippen LogP contribution in [0.3, 0.4) is 0 Å². The Labute approximate surface area is 109 Å². The Balaban J connectivity index is 2.17. The van der Waals surface area contributed by atoms with Crippen LogP contribution in [0.4, 0.5) is 0 Å². The summed E-state index contributed by atoms with van der Waals surface area (Å²) in [6.07, 6.45) is 5.43. The molecule has 0 radical (unpaired) electrons. The molecule has 0 unspecified atom stereocenters. The van der Waals surface area contributed by atoms with Gasteiger partial charge in [0.15, 0.2) is 0 Å². The normalized spacial score (nSPS) is 34.5. The van der Waals surface area contributed by atoms with Gasteiger partial charge in [-0.3, -0.25) is 4.90 Å². The summed E-state index contributed by atoms with van der Waals surface area (Å²) in [5.74, 6) is -0.880. The van der Waals surface area contributed by atoms with Crippen LogP contribution in [-0.4, -0.2) is 52.6 Å². The fourth-order valence-corrected chi connectivity index (χ4v) is 2.93. The minimum Gasteiger partial charge on any atom is -0.478 e. The van der Waals surface area contributed by atoms with Gasteiger partial charge in [-0.25, -0.2) is 4.79 Å². The van der Waals surface area contributed by atoms with Crippen molar-refractivity contribution in [3.8, 4) is 0 Å². The van der Waals surface area contributed by atoms with Crippen molar-refractivity contribution in [3.05, 3.63) is 23.8 Å². The summed E-state index contributed by atoms with van der Waals surface area (Å²) >= 11 is 3.58. The molecule has 94 valence electrons. The van der Waals surface area contributed by atoms with E-state index in [4.69, 9.17) is 9.84 Å². The molecule has 0 aromatic rings. The van der Waals surface area contributed by atoms with Crippen molar-refractivity contribution < 1.29 is 14.6 Å². The minimum atomic E-state index is -0.880. The van der Waals surface area contributed by atoms with Crippen molar-refractivity contribution in [2.45, 2.75) is 17.3 Å². The van der Waals surface area contributed by atoms with Crippen LogP contribution in [0.1, 0.15) is 6.92 Å². The van der Waals surface area contributed by atoms with Crippen molar-refractivity contribution in [1.82, 2.24) is 4.90 Å². The summed E-state index contributed by atoms with van der Waals surface area (Å²) in [6.45, 7) is 5.33. The van der Waals surface area contributed by atoms with Crippen molar-refractivity contribution >= 4 is 21.9 Å². The molecule has 1 N–H and O–H groups in total. The molecule has 1 saturated heterocycles. The molecule has 1 heterocycles. The molecule has 0 saturated carbocycles. The molecule has 17 heavy (non-hydrogen) atoms. The Morgan fingerprint density at radius 1 is 1.59 bits per heavy atom. The number of alkyl halides is 1. The molecular formula is C12H16BrNO3. The van der Waals surface area contributed by atoms with Gasteiger partial charge in [0.25, 0.3) is 0 Å². The molecule has 2 atom stereocenters. The van der Waals surface area contributed by atoms with Crippen LogP contribution in [0.25, 0.3) is 0 Å². The lowest BCUT2D eigenvalue weighted by Crippen LogP contribution is -2.55. The lowest BCUT2D eigenvalue weighted by atomic mass is 9.88. The van der Waals surface area contributed by atoms with Gasteiger partial charge < -0.3 is 9.84 Å². The summed E-state index contributed by atoms with van der Waals surface area (Å²) in [6, 6.07) is 0. The standard InChI is InChI=1S/C12H16BrNO3/c1-12(14-4-6-17-7-5-14)3-2-9(11(15)16)8-10(12)13/h2-3,8,10H,4-7H2,1H3,(H,15,16)/t10-,12-/m0/s1. The number of carboxylic acid groups (broad SMARTS) is 1. The van der Waals surface area contributed by atoms with Crippen LogP contribution in [0.2, 0.25) is 0 Å². The predicted octanol–water partition coefficient (Wildman–Crippen LogP) is 1.42. The van der Waals surface area contributed by atoms with E-state index in [1.807, 2.05) is 6.08 Å². The largest absolute Gasteiger partial charge is 0.478 e. The smallest absolute Gasteiger partial charge is 0.335 e. The summed E-state index contributed by atoms with van der Waals surface area (Å²) < 4.78 is 5.34. The van der Waals surface area contributed by atoms with Crippen molar-refractivity contribution in [3.63, 3.8) is 0 Å². The van der Waals surface area contributed by atoms with Crippen LogP contribution in [0.5, 0.6) is 0 Å². The van der Waals surface area contributed by atoms with E-state index < -0.39 is 5.97 Å². The van der Waals surface area contributed by atoms with Crippen LogP contribution in [0, 0.1) is 0 Å². The number of morpholine rings is 1. The molecule has 0 amide bonds. The van der Waals surface area contributed by atoms with Gasteiger partial charge in [0.2, 0.25) is 0 Å². The number of halogens is 1. The molecule has 0 bridgehead atoms. The SMILES string of the molecule is C[C@]1(N2CCOCC2)C=CC(C(=O)O)=C[C@@H]1Br. The third kappa shape index (κ3) is 2.46. The highest BCUT2D eigenvalue weighted by Gasteiger charge is 2.38. The minimum absolute atomic E-state index is 0.00389. The highest BCUT2D eigenvalue weighted by atomic mass is 79.9. The molecule has 0 aromatic heterocycles. The average Bonchev–Trinajstić information content (AvgIpc) is 2.33. The average molecular weight is 302 g/mol. The van der Waals surface area contributed by atoms with Crippen LogP contribution >= 0.6 is 15.9 Å². The van der Waals surface area contributed by atoms with E-state index in [1.165, 1.54) is 0 Å². The Morgan fingerprint density at radius 3 is 2.76 bits per heavy atom. The number of rotatable bonds is 2. The maximum atomic E-state index is 10.9. The van der Waals surface area contributed by atoms with E-state index in [-0.39, 0.29) is 10.4 Å². The van der Waals surface area contributed by atoms with Gasteiger partial charge in [0.1, 0.15) is 0 Å². The molecule has 4 nitrogen and oxygen atoms in total. The zero-order chi connectivity index (χ0) is 12.5. The van der Waals surface area contributed by atoms with E-state index in [0.29, 0.717) is 5.57 Å². The zero-order valence-corrected chi connectivity index (χ0v) is 11.3. The topological polar surface area (TPSA) is 49.8 Å². The number of hydrogen-bond donors (Lipinski definition) is 1. The maximum Gasteiger partial charge on any atom is 0.335 e. The summed E-state index contributed by atoms with van der Waals surface area (Å²) in [4.78, 5) is 13.2. The second-order valence-corrected chi connectivity index (χ2v) is 5.47. The number of aliphatic carboxylic acids is 1. The quantitative estimate of drug-likeness (QED) is 0.784. The number of ether oxygens (including phenoxy) is 1. The molecule has 1 fully saturated rings. The second kappa shape index (κ2) is 4.92. The van der Waals surface area contributed by atoms with E-state index >= 15 is 0 Å². The van der Waals surface area contributed by atoms with Gasteiger partial charge in [-0.1, -0.05) is 34.2 Å². The first-order valence-corrected chi connectivity index (χ1v) is 6.57. The Morgan fingerprint density at radius 2 is 2.24 bits per heavy atom. The lowest BCUT2D eigenvalue weighted by molar-refractivity contribution is -0.132. The predicted molar refractivity (Wildman–Crippen MR) is 68.4 cm³/mol. The molecule has 5 heteroatoms. The summed E-state index contributed by atoms with van der Waals surface area (Å²) in [7, 11) is 0. The van der Waals surface area contributed by atoms with E-state index in [0.717, 1.165) is 26.3 Å². The highest BCUT2D eigenvalue weighted by Crippen LogP contribution is 2.33. The number of carbonyl (C=O) groups is 1. The Kier molecular flexibility index (Phi) is 3.70. The van der Waals surface area contributed by atoms with Crippen LogP contribution in [0.15, 0.2) is 23.8 Å². The third-order valence-corrected chi connectivity index (χ3v) is 4.62. The number of nitrogens with zero attached hydrogens (tertiary/aromatic N) is 1. The fourth-order valence-electron chi connectivity index (χ4n) is 2.20. The van der Waals surface area contributed by atoms with Crippen molar-refractivity contribution in [2.24, 2.45) is 0 Å². The van der Waals surface area contributed by atoms with Crippen LogP contribution < -0.4 is 0 Å². The maximum absolute atomic E-state index is 10.9. The van der Waals surface area contributed by atoms with Gasteiger partial charge >= 0.3 is 5.97 Å². The van der Waals surface area contributed by atoms with Gasteiger partial charge in [0, 0.05) is 13.1 Å². The van der Waals surface area contributed by atoms with Gasteiger partial charge in [-0.2, -0.15) is 0 Å². The van der Waals surface area contributed by atoms with E-state index in [1.54, 1.807) is 12.2 Å². The molecule has 0 spiro atoms. The van der Waals surface area contributed by atoms with Crippen LogP contribution in [-0.2, 0) is 9.53 Å².